The molecule has 0 amide bonds. The molecule has 92 valence electrons. The largest absolute Gasteiger partial charge is 0.259 e. The molecule has 0 saturated heterocycles. The molecule has 0 spiro atoms. The lowest BCUT2D eigenvalue weighted by Crippen LogP contribution is -2.02. The quantitative estimate of drug-likeness (QED) is 0.590. The highest BCUT2D eigenvalue weighted by Crippen LogP contribution is 2.17. The molecule has 0 unspecified atom stereocenters. The highest BCUT2D eigenvalue weighted by atomic mass is 19.1. The maximum absolute atomic E-state index is 13.1. The van der Waals surface area contributed by atoms with Gasteiger partial charge in [-0.2, -0.15) is 0 Å². The van der Waals surface area contributed by atoms with Gasteiger partial charge in [0.2, 0.25) is 5.70 Å². The first-order valence-electron chi connectivity index (χ1n) is 5.51. The van der Waals surface area contributed by atoms with Crippen LogP contribution in [-0.4, -0.2) is 4.92 Å². The highest BCUT2D eigenvalue weighted by molar-refractivity contribution is 5.52. The summed E-state index contributed by atoms with van der Waals surface area (Å²) in [5, 5.41) is 10.9. The fourth-order valence-corrected chi connectivity index (χ4v) is 1.55. The van der Waals surface area contributed by atoms with Gasteiger partial charge >= 0.3 is 0 Å². The van der Waals surface area contributed by atoms with Crippen molar-refractivity contribution in [3.8, 4) is 0 Å². The first-order valence-corrected chi connectivity index (χ1v) is 5.51. The van der Waals surface area contributed by atoms with Crippen LogP contribution >= 0.6 is 0 Å². The third-order valence-electron chi connectivity index (χ3n) is 2.37. The number of rotatable bonds is 4. The molecule has 17 heavy (non-hydrogen) atoms. The smallest absolute Gasteiger partial charge is 0.247 e. The third-order valence-corrected chi connectivity index (χ3v) is 2.37. The minimum Gasteiger partial charge on any atom is -0.259 e. The molecule has 0 aromatic heterocycles. The average molecular weight is 237 g/mol. The summed E-state index contributed by atoms with van der Waals surface area (Å²) >= 11 is 0. The van der Waals surface area contributed by atoms with E-state index in [4.69, 9.17) is 0 Å². The maximum Gasteiger partial charge on any atom is 0.247 e. The topological polar surface area (TPSA) is 43.1 Å². The van der Waals surface area contributed by atoms with E-state index in [1.54, 1.807) is 19.1 Å². The summed E-state index contributed by atoms with van der Waals surface area (Å²) in [6.07, 6.45) is 1.91. The van der Waals surface area contributed by atoms with Gasteiger partial charge in [0.1, 0.15) is 5.82 Å². The van der Waals surface area contributed by atoms with Crippen molar-refractivity contribution < 1.29 is 9.31 Å². The van der Waals surface area contributed by atoms with Gasteiger partial charge in [-0.1, -0.05) is 19.9 Å². The predicted octanol–water partition coefficient (Wildman–Crippen LogP) is 3.80. The molecule has 4 heteroatoms. The molecule has 0 heterocycles. The summed E-state index contributed by atoms with van der Waals surface area (Å²) in [6, 6.07) is 4.49. The molecule has 1 aromatic rings. The SMILES string of the molecule is Cc1cc(/C=C(\CC(C)C)[N+](=O)[O-])ccc1F. The number of nitro groups is 1. The lowest BCUT2D eigenvalue weighted by atomic mass is 10.0. The van der Waals surface area contributed by atoms with E-state index in [-0.39, 0.29) is 22.4 Å². The number of hydrogen-bond donors (Lipinski definition) is 0. The molecule has 0 radical (unpaired) electrons. The van der Waals surface area contributed by atoms with Crippen LogP contribution < -0.4 is 0 Å². The predicted molar refractivity (Wildman–Crippen MR) is 65.6 cm³/mol. The Labute approximate surface area is 100 Å². The van der Waals surface area contributed by atoms with Gasteiger partial charge in [0.25, 0.3) is 0 Å². The van der Waals surface area contributed by atoms with Crippen LogP contribution in [0.4, 0.5) is 4.39 Å². The first kappa shape index (κ1) is 13.4. The number of hydrogen-bond acceptors (Lipinski definition) is 2. The average Bonchev–Trinajstić information content (AvgIpc) is 2.21. The van der Waals surface area contributed by atoms with Crippen molar-refractivity contribution in [2.75, 3.05) is 0 Å². The minimum absolute atomic E-state index is 0.158. The standard InChI is InChI=1S/C13H16FNO2/c1-9(2)6-12(15(16)17)8-11-4-5-13(14)10(3)7-11/h4-5,7-9H,6H2,1-3H3/b12-8+. The van der Waals surface area contributed by atoms with Crippen LogP contribution in [0.3, 0.4) is 0 Å². The molecule has 1 aromatic carbocycles. The van der Waals surface area contributed by atoms with E-state index in [0.29, 0.717) is 17.5 Å². The Morgan fingerprint density at radius 1 is 1.53 bits per heavy atom. The van der Waals surface area contributed by atoms with Crippen LogP contribution in [0.15, 0.2) is 23.9 Å². The van der Waals surface area contributed by atoms with E-state index in [2.05, 4.69) is 0 Å². The monoisotopic (exact) mass is 237 g/mol. The Balaban J connectivity index is 3.04. The Morgan fingerprint density at radius 3 is 2.65 bits per heavy atom. The van der Waals surface area contributed by atoms with Gasteiger partial charge in [-0.3, -0.25) is 10.1 Å². The summed E-state index contributed by atoms with van der Waals surface area (Å²) in [7, 11) is 0. The van der Waals surface area contributed by atoms with Crippen molar-refractivity contribution in [3.63, 3.8) is 0 Å². The normalized spacial score (nSPS) is 11.9. The number of benzene rings is 1. The zero-order valence-electron chi connectivity index (χ0n) is 10.2. The van der Waals surface area contributed by atoms with Crippen molar-refractivity contribution >= 4 is 6.08 Å². The molecule has 0 bridgehead atoms. The molecule has 0 aliphatic carbocycles. The summed E-state index contributed by atoms with van der Waals surface area (Å²) in [4.78, 5) is 10.5. The first-order chi connectivity index (χ1) is 7.90. The Hall–Kier alpha value is -1.71. The van der Waals surface area contributed by atoms with E-state index in [0.717, 1.165) is 0 Å². The van der Waals surface area contributed by atoms with Crippen LogP contribution in [0, 0.1) is 28.8 Å². The Morgan fingerprint density at radius 2 is 2.18 bits per heavy atom. The zero-order chi connectivity index (χ0) is 13.0. The van der Waals surface area contributed by atoms with E-state index in [9.17, 15) is 14.5 Å². The number of halogens is 1. The second-order valence-electron chi connectivity index (χ2n) is 4.50. The second-order valence-corrected chi connectivity index (χ2v) is 4.50. The van der Waals surface area contributed by atoms with Crippen LogP contribution in [0.25, 0.3) is 6.08 Å². The Kier molecular flexibility index (Phi) is 4.37. The molecular formula is C13H16FNO2. The van der Waals surface area contributed by atoms with Crippen molar-refractivity contribution in [1.29, 1.82) is 0 Å². The lowest BCUT2D eigenvalue weighted by Gasteiger charge is -2.03. The van der Waals surface area contributed by atoms with Crippen LogP contribution in [0.2, 0.25) is 0 Å². The number of nitrogens with zero attached hydrogens (tertiary/aromatic N) is 1. The summed E-state index contributed by atoms with van der Waals surface area (Å²) < 4.78 is 13.1. The van der Waals surface area contributed by atoms with Gasteiger partial charge in [-0.15, -0.1) is 0 Å². The second kappa shape index (κ2) is 5.57. The minimum atomic E-state index is -0.376. The van der Waals surface area contributed by atoms with Crippen LogP contribution in [0.1, 0.15) is 31.4 Å². The van der Waals surface area contributed by atoms with E-state index in [1.165, 1.54) is 12.1 Å². The fourth-order valence-electron chi connectivity index (χ4n) is 1.55. The van der Waals surface area contributed by atoms with Crippen molar-refractivity contribution in [2.24, 2.45) is 5.92 Å². The van der Waals surface area contributed by atoms with Crippen molar-refractivity contribution in [1.82, 2.24) is 0 Å². The lowest BCUT2D eigenvalue weighted by molar-refractivity contribution is -0.427. The molecule has 0 fully saturated rings. The van der Waals surface area contributed by atoms with E-state index < -0.39 is 0 Å². The number of allylic oxidation sites excluding steroid dienone is 1. The third kappa shape index (κ3) is 3.98. The molecule has 0 saturated carbocycles. The molecule has 0 aliphatic heterocycles. The summed E-state index contributed by atoms with van der Waals surface area (Å²) in [5.41, 5.74) is 1.31. The van der Waals surface area contributed by atoms with Crippen molar-refractivity contribution in [3.05, 3.63) is 51.0 Å². The van der Waals surface area contributed by atoms with Gasteiger partial charge in [0.15, 0.2) is 0 Å². The van der Waals surface area contributed by atoms with E-state index >= 15 is 0 Å². The van der Waals surface area contributed by atoms with Gasteiger partial charge in [0, 0.05) is 12.5 Å². The van der Waals surface area contributed by atoms with E-state index in [1.807, 2.05) is 13.8 Å². The molecule has 0 aliphatic rings. The van der Waals surface area contributed by atoms with Gasteiger partial charge in [-0.25, -0.2) is 4.39 Å². The summed E-state index contributed by atoms with van der Waals surface area (Å²) in [5.74, 6) is -0.0816. The fraction of sp³-hybridized carbons (Fsp3) is 0.385. The highest BCUT2D eigenvalue weighted by Gasteiger charge is 2.13. The van der Waals surface area contributed by atoms with Gasteiger partial charge < -0.3 is 0 Å². The molecule has 0 N–H and O–H groups in total. The molecular weight excluding hydrogens is 221 g/mol. The zero-order valence-corrected chi connectivity index (χ0v) is 10.2. The van der Waals surface area contributed by atoms with Gasteiger partial charge in [0.05, 0.1) is 4.92 Å². The maximum atomic E-state index is 13.1. The van der Waals surface area contributed by atoms with Crippen LogP contribution in [0.5, 0.6) is 0 Å². The number of aryl methyl sites for hydroxylation is 1. The van der Waals surface area contributed by atoms with Crippen molar-refractivity contribution in [2.45, 2.75) is 27.2 Å². The molecule has 1 rings (SSSR count). The summed E-state index contributed by atoms with van der Waals surface area (Å²) in [6.45, 7) is 5.49. The van der Waals surface area contributed by atoms with Crippen LogP contribution in [-0.2, 0) is 0 Å². The molecule has 3 nitrogen and oxygen atoms in total. The van der Waals surface area contributed by atoms with Gasteiger partial charge in [-0.05, 0) is 36.1 Å². The molecule has 0 atom stereocenters. The Bertz CT molecular complexity index is 453.